The Labute approximate surface area is 102 Å². The number of halogens is 1. The van der Waals surface area contributed by atoms with Crippen molar-refractivity contribution >= 4 is 22.4 Å². The van der Waals surface area contributed by atoms with Crippen LogP contribution in [0.15, 0.2) is 29.4 Å². The first kappa shape index (κ1) is 15.3. The molecule has 1 aromatic rings. The average molecular weight is 266 g/mol. The molecule has 1 atom stereocenters. The van der Waals surface area contributed by atoms with Crippen LogP contribution < -0.4 is 10.5 Å². The second kappa shape index (κ2) is 6.80. The van der Waals surface area contributed by atoms with Gasteiger partial charge in [-0.15, -0.1) is 12.4 Å². The Balaban J connectivity index is 0.00000225. The molecule has 0 aliphatic carbocycles. The molecular formula is C9H16ClN3O2S. The zero-order valence-electron chi connectivity index (χ0n) is 8.96. The van der Waals surface area contributed by atoms with E-state index in [4.69, 9.17) is 5.73 Å². The molecular weight excluding hydrogens is 250 g/mol. The van der Waals surface area contributed by atoms with E-state index < -0.39 is 10.0 Å². The number of rotatable bonds is 5. The van der Waals surface area contributed by atoms with Gasteiger partial charge in [0.05, 0.1) is 0 Å². The lowest BCUT2D eigenvalue weighted by molar-refractivity contribution is 0.544. The Hall–Kier alpha value is -0.690. The summed E-state index contributed by atoms with van der Waals surface area (Å²) in [6, 6.07) is 3.09. The number of sulfonamides is 1. The van der Waals surface area contributed by atoms with Crippen molar-refractivity contribution in [1.82, 2.24) is 9.71 Å². The van der Waals surface area contributed by atoms with Gasteiger partial charge in [0.2, 0.25) is 10.0 Å². The molecule has 0 saturated heterocycles. The van der Waals surface area contributed by atoms with Crippen LogP contribution in [0.2, 0.25) is 0 Å². The summed E-state index contributed by atoms with van der Waals surface area (Å²) in [4.78, 5) is 3.93. The first-order chi connectivity index (χ1) is 7.06. The van der Waals surface area contributed by atoms with E-state index in [1.165, 1.54) is 18.5 Å². The van der Waals surface area contributed by atoms with Crippen molar-refractivity contribution in [3.8, 4) is 0 Å². The predicted octanol–water partition coefficient (Wildman–Crippen LogP) is 0.377. The Morgan fingerprint density at radius 2 is 2.25 bits per heavy atom. The highest BCUT2D eigenvalue weighted by Crippen LogP contribution is 2.05. The van der Waals surface area contributed by atoms with Crippen molar-refractivity contribution in [2.45, 2.75) is 11.8 Å². The molecule has 0 spiro atoms. The monoisotopic (exact) mass is 265 g/mol. The van der Waals surface area contributed by atoms with E-state index in [1.807, 2.05) is 6.92 Å². The number of nitrogens with zero attached hydrogens (tertiary/aromatic N) is 1. The van der Waals surface area contributed by atoms with Gasteiger partial charge in [-0.1, -0.05) is 6.92 Å². The number of nitrogens with one attached hydrogen (secondary N) is 1. The Morgan fingerprint density at radius 3 is 2.75 bits per heavy atom. The van der Waals surface area contributed by atoms with E-state index in [0.717, 1.165) is 0 Å². The number of hydrogen-bond donors (Lipinski definition) is 2. The molecule has 0 saturated carbocycles. The first-order valence-electron chi connectivity index (χ1n) is 4.66. The maximum Gasteiger partial charge on any atom is 0.242 e. The summed E-state index contributed by atoms with van der Waals surface area (Å²) < 4.78 is 25.8. The van der Waals surface area contributed by atoms with Crippen LogP contribution in [0, 0.1) is 5.92 Å². The molecule has 0 radical (unpaired) electrons. The molecule has 92 valence electrons. The third-order valence-corrected chi connectivity index (χ3v) is 3.38. The van der Waals surface area contributed by atoms with Gasteiger partial charge in [-0.05, 0) is 24.6 Å². The minimum atomic E-state index is -3.43. The van der Waals surface area contributed by atoms with Crippen molar-refractivity contribution < 1.29 is 8.42 Å². The molecule has 0 aliphatic rings. The maximum absolute atomic E-state index is 11.7. The summed E-state index contributed by atoms with van der Waals surface area (Å²) in [5.41, 5.74) is 5.39. The van der Waals surface area contributed by atoms with Crippen molar-refractivity contribution in [3.05, 3.63) is 24.5 Å². The highest BCUT2D eigenvalue weighted by atomic mass is 35.5. The summed E-state index contributed by atoms with van der Waals surface area (Å²) in [5.74, 6) is 0.122. The average Bonchev–Trinajstić information content (AvgIpc) is 2.27. The molecule has 1 heterocycles. The van der Waals surface area contributed by atoms with Gasteiger partial charge in [-0.2, -0.15) is 0 Å². The zero-order valence-corrected chi connectivity index (χ0v) is 10.6. The molecule has 0 aromatic carbocycles. The molecule has 1 aromatic heterocycles. The van der Waals surface area contributed by atoms with Gasteiger partial charge in [0.15, 0.2) is 0 Å². The highest BCUT2D eigenvalue weighted by molar-refractivity contribution is 7.89. The van der Waals surface area contributed by atoms with Crippen LogP contribution in [0.1, 0.15) is 6.92 Å². The van der Waals surface area contributed by atoms with Crippen LogP contribution >= 0.6 is 12.4 Å². The second-order valence-corrected chi connectivity index (χ2v) is 5.15. The van der Waals surface area contributed by atoms with Crippen LogP contribution in [0.5, 0.6) is 0 Å². The fourth-order valence-electron chi connectivity index (χ4n) is 0.925. The first-order valence-corrected chi connectivity index (χ1v) is 6.14. The molecule has 3 N–H and O–H groups in total. The van der Waals surface area contributed by atoms with Gasteiger partial charge in [-0.3, -0.25) is 4.98 Å². The van der Waals surface area contributed by atoms with Gasteiger partial charge < -0.3 is 5.73 Å². The Bertz CT molecular complexity index is 396. The lowest BCUT2D eigenvalue weighted by Crippen LogP contribution is -2.31. The fraction of sp³-hybridized carbons (Fsp3) is 0.444. The van der Waals surface area contributed by atoms with Crippen LogP contribution in [0.4, 0.5) is 0 Å². The third kappa shape index (κ3) is 4.44. The number of hydrogen-bond acceptors (Lipinski definition) is 4. The quantitative estimate of drug-likeness (QED) is 0.806. The van der Waals surface area contributed by atoms with Crippen molar-refractivity contribution in [2.24, 2.45) is 11.7 Å². The normalized spacial score (nSPS) is 12.9. The summed E-state index contributed by atoms with van der Waals surface area (Å²) in [6.07, 6.45) is 2.84. The number of nitrogens with two attached hydrogens (primary N) is 1. The van der Waals surface area contributed by atoms with Gasteiger partial charge in [-0.25, -0.2) is 13.1 Å². The summed E-state index contributed by atoms with van der Waals surface area (Å²) in [5, 5.41) is 0. The van der Waals surface area contributed by atoms with Crippen LogP contribution in [-0.4, -0.2) is 26.5 Å². The fourth-order valence-corrected chi connectivity index (χ4v) is 2.05. The lowest BCUT2D eigenvalue weighted by atomic mass is 10.2. The number of pyridine rings is 1. The molecule has 0 aliphatic heterocycles. The summed E-state index contributed by atoms with van der Waals surface area (Å²) in [7, 11) is -3.43. The molecule has 1 unspecified atom stereocenters. The molecule has 0 fully saturated rings. The standard InChI is InChI=1S/C9H15N3O2S.ClH/c1-8(5-10)6-12-15(13,14)9-3-2-4-11-7-9;/h2-4,7-8,12H,5-6,10H2,1H3;1H. The Morgan fingerprint density at radius 1 is 1.56 bits per heavy atom. The third-order valence-electron chi connectivity index (χ3n) is 1.97. The smallest absolute Gasteiger partial charge is 0.242 e. The minimum Gasteiger partial charge on any atom is -0.330 e. The molecule has 16 heavy (non-hydrogen) atoms. The van der Waals surface area contributed by atoms with Gasteiger partial charge in [0.1, 0.15) is 4.90 Å². The van der Waals surface area contributed by atoms with Crippen molar-refractivity contribution in [1.29, 1.82) is 0 Å². The Kier molecular flexibility index (Phi) is 6.51. The molecule has 0 amide bonds. The summed E-state index contributed by atoms with van der Waals surface area (Å²) >= 11 is 0. The van der Waals surface area contributed by atoms with Crippen LogP contribution in [-0.2, 0) is 10.0 Å². The van der Waals surface area contributed by atoms with E-state index in [9.17, 15) is 8.42 Å². The second-order valence-electron chi connectivity index (χ2n) is 3.38. The van der Waals surface area contributed by atoms with Crippen molar-refractivity contribution in [3.63, 3.8) is 0 Å². The zero-order chi connectivity index (χ0) is 11.3. The largest absolute Gasteiger partial charge is 0.330 e. The predicted molar refractivity (Wildman–Crippen MR) is 64.9 cm³/mol. The number of aromatic nitrogens is 1. The molecule has 5 nitrogen and oxygen atoms in total. The van der Waals surface area contributed by atoms with Crippen molar-refractivity contribution in [2.75, 3.05) is 13.1 Å². The minimum absolute atomic E-state index is 0. The van der Waals surface area contributed by atoms with E-state index in [0.29, 0.717) is 13.1 Å². The topological polar surface area (TPSA) is 85.1 Å². The van der Waals surface area contributed by atoms with E-state index in [1.54, 1.807) is 6.07 Å². The van der Waals surface area contributed by atoms with Gasteiger partial charge in [0.25, 0.3) is 0 Å². The van der Waals surface area contributed by atoms with Gasteiger partial charge >= 0.3 is 0 Å². The van der Waals surface area contributed by atoms with E-state index in [2.05, 4.69) is 9.71 Å². The SMILES string of the molecule is CC(CN)CNS(=O)(=O)c1cccnc1.Cl. The molecule has 0 bridgehead atoms. The van der Waals surface area contributed by atoms with E-state index >= 15 is 0 Å². The highest BCUT2D eigenvalue weighted by Gasteiger charge is 2.14. The van der Waals surface area contributed by atoms with E-state index in [-0.39, 0.29) is 23.2 Å². The summed E-state index contributed by atoms with van der Waals surface area (Å²) in [6.45, 7) is 2.68. The molecule has 1 rings (SSSR count). The lowest BCUT2D eigenvalue weighted by Gasteiger charge is -2.10. The van der Waals surface area contributed by atoms with Gasteiger partial charge in [0, 0.05) is 18.9 Å². The van der Waals surface area contributed by atoms with Crippen LogP contribution in [0.25, 0.3) is 0 Å². The molecule has 7 heteroatoms. The van der Waals surface area contributed by atoms with Crippen LogP contribution in [0.3, 0.4) is 0 Å². The maximum atomic E-state index is 11.7.